The Kier molecular flexibility index (Phi) is 4.01. The third-order valence-corrected chi connectivity index (χ3v) is 5.06. The summed E-state index contributed by atoms with van der Waals surface area (Å²) < 4.78 is -0.222. The molecule has 0 aromatic heterocycles. The Morgan fingerprint density at radius 1 is 1.29 bits per heavy atom. The molecule has 3 heteroatoms. The lowest BCUT2D eigenvalue weighted by atomic mass is 9.83. The van der Waals surface area contributed by atoms with Crippen molar-refractivity contribution in [1.82, 2.24) is 0 Å². The normalized spacial score (nSPS) is 28.6. The van der Waals surface area contributed by atoms with Crippen LogP contribution < -0.4 is 0 Å². The molecule has 0 radical (unpaired) electrons. The lowest BCUT2D eigenvalue weighted by Gasteiger charge is -2.33. The van der Waals surface area contributed by atoms with Crippen LogP contribution in [0.3, 0.4) is 0 Å². The van der Waals surface area contributed by atoms with Crippen molar-refractivity contribution in [3.05, 3.63) is 29.3 Å². The van der Waals surface area contributed by atoms with Crippen LogP contribution in [0.4, 0.5) is 0 Å². The Hall–Kier alpha value is -0.650. The van der Waals surface area contributed by atoms with E-state index in [1.165, 1.54) is 0 Å². The fourth-order valence-electron chi connectivity index (χ4n) is 2.19. The van der Waals surface area contributed by atoms with Crippen LogP contribution in [0.1, 0.15) is 32.6 Å². The van der Waals surface area contributed by atoms with Crippen LogP contribution >= 0.6 is 23.4 Å². The summed E-state index contributed by atoms with van der Waals surface area (Å²) in [5.74, 6) is 0.766. The van der Waals surface area contributed by atoms with E-state index in [-0.39, 0.29) is 4.75 Å². The van der Waals surface area contributed by atoms with Gasteiger partial charge in [-0.3, -0.25) is 0 Å². The van der Waals surface area contributed by atoms with E-state index in [1.807, 2.05) is 24.3 Å². The van der Waals surface area contributed by atoms with E-state index in [4.69, 9.17) is 11.6 Å². The number of nitrogens with zero attached hydrogens (tertiary/aromatic N) is 1. The van der Waals surface area contributed by atoms with Crippen LogP contribution in [0.5, 0.6) is 0 Å². The molecule has 0 saturated heterocycles. The first kappa shape index (κ1) is 12.8. The van der Waals surface area contributed by atoms with Crippen molar-refractivity contribution in [2.24, 2.45) is 5.92 Å². The molecule has 1 aromatic rings. The highest BCUT2D eigenvalue weighted by Gasteiger charge is 2.35. The zero-order valence-corrected chi connectivity index (χ0v) is 11.5. The summed E-state index contributed by atoms with van der Waals surface area (Å²) in [5.41, 5.74) is 0. The summed E-state index contributed by atoms with van der Waals surface area (Å²) in [6, 6.07) is 10.3. The third-order valence-electron chi connectivity index (χ3n) is 3.41. The van der Waals surface area contributed by atoms with Crippen LogP contribution in [-0.2, 0) is 0 Å². The first-order valence-corrected chi connectivity index (χ1v) is 7.19. The highest BCUT2D eigenvalue weighted by molar-refractivity contribution is 8.01. The van der Waals surface area contributed by atoms with Gasteiger partial charge in [0.05, 0.1) is 6.07 Å². The maximum Gasteiger partial charge on any atom is 0.107 e. The molecule has 0 aliphatic heterocycles. The minimum atomic E-state index is -0.222. The maximum atomic E-state index is 9.45. The monoisotopic (exact) mass is 265 g/mol. The largest absolute Gasteiger partial charge is 0.197 e. The summed E-state index contributed by atoms with van der Waals surface area (Å²) in [4.78, 5) is 1.14. The van der Waals surface area contributed by atoms with Gasteiger partial charge in [0.1, 0.15) is 4.75 Å². The first-order valence-electron chi connectivity index (χ1n) is 5.99. The van der Waals surface area contributed by atoms with E-state index in [9.17, 15) is 5.26 Å². The number of rotatable bonds is 2. The lowest BCUT2D eigenvalue weighted by Crippen LogP contribution is -2.28. The van der Waals surface area contributed by atoms with Crippen LogP contribution in [0.2, 0.25) is 5.02 Å². The van der Waals surface area contributed by atoms with Gasteiger partial charge in [0.2, 0.25) is 0 Å². The molecule has 0 amide bonds. The van der Waals surface area contributed by atoms with Crippen molar-refractivity contribution < 1.29 is 0 Å². The molecule has 0 bridgehead atoms. The predicted octanol–water partition coefficient (Wildman–Crippen LogP) is 4.90. The number of nitriles is 1. The summed E-state index contributed by atoms with van der Waals surface area (Å²) in [6.07, 6.45) is 4.32. The van der Waals surface area contributed by atoms with Crippen molar-refractivity contribution in [2.45, 2.75) is 42.2 Å². The van der Waals surface area contributed by atoms with Crippen molar-refractivity contribution in [1.29, 1.82) is 5.26 Å². The van der Waals surface area contributed by atoms with Gasteiger partial charge in [-0.15, -0.1) is 11.8 Å². The number of hydrogen-bond donors (Lipinski definition) is 0. The van der Waals surface area contributed by atoms with Crippen molar-refractivity contribution in [3.8, 4) is 6.07 Å². The molecule has 1 nitrogen and oxygen atoms in total. The van der Waals surface area contributed by atoms with E-state index in [0.29, 0.717) is 0 Å². The molecule has 0 spiro atoms. The number of thioether (sulfide) groups is 1. The smallest absolute Gasteiger partial charge is 0.107 e. The van der Waals surface area contributed by atoms with Crippen molar-refractivity contribution in [2.75, 3.05) is 0 Å². The minimum absolute atomic E-state index is 0.222. The lowest BCUT2D eigenvalue weighted by molar-refractivity contribution is 0.358. The Labute approximate surface area is 112 Å². The second kappa shape index (κ2) is 5.33. The molecule has 1 saturated carbocycles. The Morgan fingerprint density at radius 2 is 1.88 bits per heavy atom. The predicted molar refractivity (Wildman–Crippen MR) is 73.3 cm³/mol. The second-order valence-electron chi connectivity index (χ2n) is 4.84. The fourth-order valence-corrected chi connectivity index (χ4v) is 3.53. The van der Waals surface area contributed by atoms with E-state index in [0.717, 1.165) is 41.5 Å². The van der Waals surface area contributed by atoms with Gasteiger partial charge < -0.3 is 0 Å². The molecular formula is C14H16ClNS. The molecule has 1 aliphatic carbocycles. The SMILES string of the molecule is CC1CCC(C#N)(Sc2ccc(Cl)cc2)CC1. The Morgan fingerprint density at radius 3 is 2.41 bits per heavy atom. The average Bonchev–Trinajstić information content (AvgIpc) is 2.35. The average molecular weight is 266 g/mol. The molecule has 0 atom stereocenters. The highest BCUT2D eigenvalue weighted by atomic mass is 35.5. The van der Waals surface area contributed by atoms with Crippen molar-refractivity contribution >= 4 is 23.4 Å². The van der Waals surface area contributed by atoms with Crippen LogP contribution in [0, 0.1) is 17.2 Å². The quantitative estimate of drug-likeness (QED) is 0.759. The molecule has 1 aliphatic rings. The van der Waals surface area contributed by atoms with Gasteiger partial charge in [0.15, 0.2) is 0 Å². The molecule has 2 rings (SSSR count). The summed E-state index contributed by atoms with van der Waals surface area (Å²) in [7, 11) is 0. The number of benzene rings is 1. The standard InChI is InChI=1S/C14H16ClNS/c1-11-6-8-14(10-16,9-7-11)17-13-4-2-12(15)3-5-13/h2-5,11H,6-9H2,1H3. The second-order valence-corrected chi connectivity index (χ2v) is 6.74. The van der Waals surface area contributed by atoms with Gasteiger partial charge in [-0.05, 0) is 55.9 Å². The van der Waals surface area contributed by atoms with Crippen LogP contribution in [0.15, 0.2) is 29.2 Å². The summed E-state index contributed by atoms with van der Waals surface area (Å²) in [5, 5.41) is 10.2. The molecule has 90 valence electrons. The zero-order valence-electron chi connectivity index (χ0n) is 9.95. The van der Waals surface area contributed by atoms with E-state index in [2.05, 4.69) is 13.0 Å². The van der Waals surface area contributed by atoms with E-state index in [1.54, 1.807) is 11.8 Å². The summed E-state index contributed by atoms with van der Waals surface area (Å²) in [6.45, 7) is 2.27. The molecule has 17 heavy (non-hydrogen) atoms. The van der Waals surface area contributed by atoms with Gasteiger partial charge in [0, 0.05) is 9.92 Å². The molecule has 0 unspecified atom stereocenters. The van der Waals surface area contributed by atoms with Crippen LogP contribution in [-0.4, -0.2) is 4.75 Å². The van der Waals surface area contributed by atoms with E-state index < -0.39 is 0 Å². The molecule has 1 aromatic carbocycles. The third kappa shape index (κ3) is 3.18. The Bertz CT molecular complexity index is 413. The van der Waals surface area contributed by atoms with E-state index >= 15 is 0 Å². The van der Waals surface area contributed by atoms with Gasteiger partial charge in [-0.25, -0.2) is 0 Å². The van der Waals surface area contributed by atoms with Gasteiger partial charge in [-0.2, -0.15) is 5.26 Å². The molecule has 0 heterocycles. The highest BCUT2D eigenvalue weighted by Crippen LogP contribution is 2.44. The minimum Gasteiger partial charge on any atom is -0.197 e. The van der Waals surface area contributed by atoms with Crippen molar-refractivity contribution in [3.63, 3.8) is 0 Å². The topological polar surface area (TPSA) is 23.8 Å². The number of halogens is 1. The number of hydrogen-bond acceptors (Lipinski definition) is 2. The summed E-state index contributed by atoms with van der Waals surface area (Å²) >= 11 is 7.57. The van der Waals surface area contributed by atoms with Gasteiger partial charge >= 0.3 is 0 Å². The van der Waals surface area contributed by atoms with Gasteiger partial charge in [-0.1, -0.05) is 18.5 Å². The molecule has 0 N–H and O–H groups in total. The molecular weight excluding hydrogens is 250 g/mol. The zero-order chi connectivity index (χ0) is 12.3. The fraction of sp³-hybridized carbons (Fsp3) is 0.500. The first-order chi connectivity index (χ1) is 8.13. The Balaban J connectivity index is 2.10. The van der Waals surface area contributed by atoms with Gasteiger partial charge in [0.25, 0.3) is 0 Å². The maximum absolute atomic E-state index is 9.45. The van der Waals surface area contributed by atoms with Crippen LogP contribution in [0.25, 0.3) is 0 Å². The molecule has 1 fully saturated rings.